The van der Waals surface area contributed by atoms with E-state index >= 15 is 0 Å². The van der Waals surface area contributed by atoms with Crippen LogP contribution in [0.1, 0.15) is 17.3 Å². The first-order valence-corrected chi connectivity index (χ1v) is 4.80. The topological polar surface area (TPSA) is 80.6 Å². The number of nitrogens with zero attached hydrogens (tertiary/aromatic N) is 1. The Morgan fingerprint density at radius 2 is 2.25 bits per heavy atom. The molecule has 0 aliphatic carbocycles. The number of hydrogen-bond donors (Lipinski definition) is 2. The van der Waals surface area contributed by atoms with Crippen LogP contribution in [0.3, 0.4) is 0 Å². The van der Waals surface area contributed by atoms with E-state index in [1.807, 2.05) is 0 Å². The van der Waals surface area contributed by atoms with E-state index < -0.39 is 11.5 Å². The van der Waals surface area contributed by atoms with Crippen LogP contribution < -0.4 is 10.9 Å². The molecule has 0 aliphatic rings. The molecule has 1 aromatic rings. The molecular weight excluding hydrogens is 212 g/mol. The van der Waals surface area contributed by atoms with Crippen LogP contribution >= 0.6 is 0 Å². The van der Waals surface area contributed by atoms with Crippen LogP contribution in [0.2, 0.25) is 0 Å². The van der Waals surface area contributed by atoms with E-state index in [1.165, 1.54) is 11.6 Å². The predicted molar refractivity (Wildman–Crippen MR) is 58.9 cm³/mol. The van der Waals surface area contributed by atoms with Crippen molar-refractivity contribution < 1.29 is 14.6 Å². The van der Waals surface area contributed by atoms with Gasteiger partial charge in [0.15, 0.2) is 0 Å². The smallest absolute Gasteiger partial charge is 0.345 e. The lowest BCUT2D eigenvalue weighted by Gasteiger charge is -2.13. The molecule has 0 aliphatic heterocycles. The summed E-state index contributed by atoms with van der Waals surface area (Å²) in [4.78, 5) is 22.9. The molecule has 6 nitrogen and oxygen atoms in total. The van der Waals surface area contributed by atoms with Gasteiger partial charge in [-0.05, 0) is 6.92 Å². The molecular formula is C10H14N2O4. The number of pyridine rings is 1. The minimum absolute atomic E-state index is 0.0357. The first-order chi connectivity index (χ1) is 7.52. The highest BCUT2D eigenvalue weighted by Gasteiger charge is 2.20. The van der Waals surface area contributed by atoms with Gasteiger partial charge in [-0.3, -0.25) is 9.36 Å². The Bertz CT molecular complexity index is 465. The van der Waals surface area contributed by atoms with Crippen LogP contribution in [0, 0.1) is 0 Å². The highest BCUT2D eigenvalue weighted by atomic mass is 16.5. The number of carbonyl (C=O) groups excluding carboxylic acids is 1. The molecule has 0 saturated carbocycles. The van der Waals surface area contributed by atoms with Crippen molar-refractivity contribution in [3.63, 3.8) is 0 Å². The third kappa shape index (κ3) is 2.00. The van der Waals surface area contributed by atoms with Crippen molar-refractivity contribution in [2.45, 2.75) is 6.92 Å². The summed E-state index contributed by atoms with van der Waals surface area (Å²) >= 11 is 0. The molecule has 0 amide bonds. The number of anilines is 1. The maximum Gasteiger partial charge on any atom is 0.345 e. The summed E-state index contributed by atoms with van der Waals surface area (Å²) < 4.78 is 6.02. The van der Waals surface area contributed by atoms with Gasteiger partial charge >= 0.3 is 5.97 Å². The van der Waals surface area contributed by atoms with Crippen LogP contribution in [0.4, 0.5) is 5.82 Å². The van der Waals surface area contributed by atoms with Crippen molar-refractivity contribution in [2.75, 3.05) is 19.0 Å². The zero-order valence-electron chi connectivity index (χ0n) is 9.40. The Kier molecular flexibility index (Phi) is 3.55. The molecule has 0 bridgehead atoms. The minimum atomic E-state index is -0.667. The number of nitrogens with one attached hydrogen (secondary N) is 1. The van der Waals surface area contributed by atoms with Gasteiger partial charge in [0.1, 0.15) is 17.1 Å². The van der Waals surface area contributed by atoms with E-state index in [1.54, 1.807) is 14.0 Å². The summed E-state index contributed by atoms with van der Waals surface area (Å²) in [7, 11) is 3.05. The number of aromatic nitrogens is 1. The third-order valence-electron chi connectivity index (χ3n) is 2.14. The standard InChI is InChI=1S/C10H14N2O4/c1-4-16-10(15)8-6(13)5-7(14)12(3)9(8)11-2/h5,11,13H,4H2,1-3H3. The maximum absolute atomic E-state index is 11.6. The normalized spacial score (nSPS) is 9.94. The first kappa shape index (κ1) is 12.1. The van der Waals surface area contributed by atoms with Gasteiger partial charge < -0.3 is 15.2 Å². The van der Waals surface area contributed by atoms with Gasteiger partial charge in [-0.2, -0.15) is 0 Å². The average Bonchev–Trinajstić information content (AvgIpc) is 2.23. The van der Waals surface area contributed by atoms with Gasteiger partial charge in [-0.25, -0.2) is 4.79 Å². The second kappa shape index (κ2) is 4.69. The predicted octanol–water partition coefficient (Wildman–Crippen LogP) is 0.309. The van der Waals surface area contributed by atoms with Crippen molar-refractivity contribution in [3.05, 3.63) is 22.0 Å². The molecule has 0 aromatic carbocycles. The summed E-state index contributed by atoms with van der Waals surface area (Å²) in [5.41, 5.74) is -0.443. The lowest BCUT2D eigenvalue weighted by atomic mass is 10.2. The fourth-order valence-corrected chi connectivity index (χ4v) is 1.38. The van der Waals surface area contributed by atoms with E-state index in [2.05, 4.69) is 5.32 Å². The van der Waals surface area contributed by atoms with E-state index in [4.69, 9.17) is 4.74 Å². The zero-order valence-corrected chi connectivity index (χ0v) is 9.40. The molecule has 0 radical (unpaired) electrons. The van der Waals surface area contributed by atoms with Crippen molar-refractivity contribution in [2.24, 2.45) is 7.05 Å². The average molecular weight is 226 g/mol. The molecule has 1 aromatic heterocycles. The Morgan fingerprint density at radius 1 is 1.62 bits per heavy atom. The van der Waals surface area contributed by atoms with Gasteiger partial charge in [-0.1, -0.05) is 0 Å². The van der Waals surface area contributed by atoms with Crippen molar-refractivity contribution in [1.82, 2.24) is 4.57 Å². The van der Waals surface area contributed by atoms with Gasteiger partial charge in [0, 0.05) is 20.2 Å². The summed E-state index contributed by atoms with van der Waals surface area (Å²) in [5.74, 6) is -0.825. The van der Waals surface area contributed by atoms with E-state index in [0.29, 0.717) is 0 Å². The Hall–Kier alpha value is -1.98. The van der Waals surface area contributed by atoms with Gasteiger partial charge in [-0.15, -0.1) is 0 Å². The number of ether oxygens (including phenoxy) is 1. The lowest BCUT2D eigenvalue weighted by molar-refractivity contribution is 0.0523. The molecule has 0 fully saturated rings. The van der Waals surface area contributed by atoms with Gasteiger partial charge in [0.05, 0.1) is 6.61 Å². The molecule has 88 valence electrons. The summed E-state index contributed by atoms with van der Waals surface area (Å²) in [6.45, 7) is 1.86. The monoisotopic (exact) mass is 226 g/mol. The quantitative estimate of drug-likeness (QED) is 0.725. The van der Waals surface area contributed by atoms with Gasteiger partial charge in [0.2, 0.25) is 0 Å². The fourth-order valence-electron chi connectivity index (χ4n) is 1.38. The highest BCUT2D eigenvalue weighted by molar-refractivity contribution is 5.97. The SMILES string of the molecule is CCOC(=O)c1c(O)cc(=O)n(C)c1NC. The molecule has 0 spiro atoms. The lowest BCUT2D eigenvalue weighted by Crippen LogP contribution is -2.22. The summed E-state index contributed by atoms with van der Waals surface area (Å²) in [6, 6.07) is 0.979. The van der Waals surface area contributed by atoms with Crippen LogP contribution in [0.5, 0.6) is 5.75 Å². The van der Waals surface area contributed by atoms with E-state index in [0.717, 1.165) is 6.07 Å². The Morgan fingerprint density at radius 3 is 2.75 bits per heavy atom. The minimum Gasteiger partial charge on any atom is -0.507 e. The summed E-state index contributed by atoms with van der Waals surface area (Å²) in [6.07, 6.45) is 0. The number of esters is 1. The third-order valence-corrected chi connectivity index (χ3v) is 2.14. The molecule has 0 unspecified atom stereocenters. The number of hydrogen-bond acceptors (Lipinski definition) is 5. The molecule has 1 rings (SSSR count). The zero-order chi connectivity index (χ0) is 12.3. The number of rotatable bonds is 3. The molecule has 16 heavy (non-hydrogen) atoms. The molecule has 0 atom stereocenters. The van der Waals surface area contributed by atoms with Crippen LogP contribution in [0.15, 0.2) is 10.9 Å². The maximum atomic E-state index is 11.6. The molecule has 1 heterocycles. The Labute approximate surface area is 92.5 Å². The van der Waals surface area contributed by atoms with Crippen molar-refractivity contribution >= 4 is 11.8 Å². The number of aromatic hydroxyl groups is 1. The first-order valence-electron chi connectivity index (χ1n) is 4.80. The fraction of sp³-hybridized carbons (Fsp3) is 0.400. The van der Waals surface area contributed by atoms with Crippen molar-refractivity contribution in [1.29, 1.82) is 0 Å². The van der Waals surface area contributed by atoms with Crippen molar-refractivity contribution in [3.8, 4) is 5.75 Å². The highest BCUT2D eigenvalue weighted by Crippen LogP contribution is 2.23. The van der Waals surface area contributed by atoms with Crippen LogP contribution in [-0.4, -0.2) is 29.3 Å². The van der Waals surface area contributed by atoms with E-state index in [-0.39, 0.29) is 23.7 Å². The van der Waals surface area contributed by atoms with Gasteiger partial charge in [0.25, 0.3) is 5.56 Å². The van der Waals surface area contributed by atoms with Crippen LogP contribution in [0.25, 0.3) is 0 Å². The molecule has 0 saturated heterocycles. The second-order valence-corrected chi connectivity index (χ2v) is 3.12. The van der Waals surface area contributed by atoms with E-state index in [9.17, 15) is 14.7 Å². The molecule has 2 N–H and O–H groups in total. The van der Waals surface area contributed by atoms with Crippen LogP contribution in [-0.2, 0) is 11.8 Å². The Balaban J connectivity index is 3.42. The number of carbonyl (C=O) groups is 1. The molecule has 6 heteroatoms. The second-order valence-electron chi connectivity index (χ2n) is 3.12. The largest absolute Gasteiger partial charge is 0.507 e. The summed E-state index contributed by atoms with van der Waals surface area (Å²) in [5, 5.41) is 12.3.